The zero-order chi connectivity index (χ0) is 19.0. The summed E-state index contributed by atoms with van der Waals surface area (Å²) in [7, 11) is 0. The van der Waals surface area contributed by atoms with Crippen molar-refractivity contribution >= 4 is 16.8 Å². The molecule has 0 spiro atoms. The fraction of sp³-hybridized carbons (Fsp3) is 0.238. The monoisotopic (exact) mass is 364 g/mol. The highest BCUT2D eigenvalue weighted by Gasteiger charge is 2.14. The summed E-state index contributed by atoms with van der Waals surface area (Å²) in [6.45, 7) is 4.66. The van der Waals surface area contributed by atoms with Crippen molar-refractivity contribution in [3.8, 4) is 11.5 Å². The molecule has 2 aromatic carbocycles. The number of ether oxygens (including phenoxy) is 2. The molecular weight excluding hydrogens is 344 g/mol. The Morgan fingerprint density at radius 3 is 2.78 bits per heavy atom. The fourth-order valence-electron chi connectivity index (χ4n) is 3.41. The van der Waals surface area contributed by atoms with E-state index in [1.807, 2.05) is 48.7 Å². The van der Waals surface area contributed by atoms with Gasteiger partial charge in [-0.05, 0) is 48.7 Å². The van der Waals surface area contributed by atoms with Crippen molar-refractivity contribution in [2.75, 3.05) is 6.79 Å². The Morgan fingerprint density at radius 1 is 1.11 bits per heavy atom. The van der Waals surface area contributed by atoms with Crippen molar-refractivity contribution in [2.24, 2.45) is 0 Å². The lowest BCUT2D eigenvalue weighted by Gasteiger charge is -2.13. The third kappa shape index (κ3) is 3.38. The summed E-state index contributed by atoms with van der Waals surface area (Å²) in [5.74, 6) is 1.28. The zero-order valence-electron chi connectivity index (χ0n) is 15.2. The van der Waals surface area contributed by atoms with Crippen LogP contribution in [-0.2, 0) is 17.9 Å². The van der Waals surface area contributed by atoms with Crippen LogP contribution in [0.4, 0.5) is 0 Å². The zero-order valence-corrected chi connectivity index (χ0v) is 15.2. The first kappa shape index (κ1) is 17.1. The van der Waals surface area contributed by atoms with Gasteiger partial charge in [0.1, 0.15) is 6.54 Å². The molecule has 0 saturated carbocycles. The van der Waals surface area contributed by atoms with Crippen LogP contribution in [0.25, 0.3) is 10.9 Å². The number of nitrogens with one attached hydrogen (secondary N) is 1. The fourth-order valence-corrected chi connectivity index (χ4v) is 3.41. The number of aromatic nitrogens is 1. The quantitative estimate of drug-likeness (QED) is 0.773. The predicted molar refractivity (Wildman–Crippen MR) is 102 cm³/mol. The van der Waals surface area contributed by atoms with E-state index < -0.39 is 0 Å². The van der Waals surface area contributed by atoms with Crippen molar-refractivity contribution in [2.45, 2.75) is 26.9 Å². The van der Waals surface area contributed by atoms with Crippen molar-refractivity contribution < 1.29 is 14.3 Å². The average molecular weight is 364 g/mol. The Bertz CT molecular complexity index is 1100. The molecule has 138 valence electrons. The van der Waals surface area contributed by atoms with Gasteiger partial charge < -0.3 is 19.4 Å². The van der Waals surface area contributed by atoms with Crippen molar-refractivity contribution in [1.29, 1.82) is 0 Å². The summed E-state index contributed by atoms with van der Waals surface area (Å²) in [6.07, 6.45) is 1.67. The number of hydrogen-bond acceptors (Lipinski definition) is 4. The molecule has 0 saturated heterocycles. The maximum absolute atomic E-state index is 12.5. The standard InChI is InChI=1S/C21H20N2O4/c1-13-7-14(2)21-16(8-13)23(6-5-17(21)24)11-20(25)22-10-15-3-4-18-19(9-15)27-12-26-18/h3-9H,10-12H2,1-2H3,(H,22,25). The summed E-state index contributed by atoms with van der Waals surface area (Å²) in [5.41, 5.74) is 3.66. The first-order chi connectivity index (χ1) is 13.0. The highest BCUT2D eigenvalue weighted by Crippen LogP contribution is 2.32. The maximum atomic E-state index is 12.5. The van der Waals surface area contributed by atoms with Crippen LogP contribution in [0.1, 0.15) is 16.7 Å². The summed E-state index contributed by atoms with van der Waals surface area (Å²) in [4.78, 5) is 24.7. The van der Waals surface area contributed by atoms with Crippen LogP contribution in [0, 0.1) is 13.8 Å². The van der Waals surface area contributed by atoms with Crippen LogP contribution in [0.3, 0.4) is 0 Å². The van der Waals surface area contributed by atoms with Gasteiger partial charge in [0.05, 0.1) is 5.52 Å². The number of pyridine rings is 1. The molecule has 0 fully saturated rings. The maximum Gasteiger partial charge on any atom is 0.240 e. The SMILES string of the molecule is Cc1cc(C)c2c(=O)ccn(CC(=O)NCc3ccc4c(c3)OCO4)c2c1. The van der Waals surface area contributed by atoms with Gasteiger partial charge in [-0.1, -0.05) is 12.1 Å². The summed E-state index contributed by atoms with van der Waals surface area (Å²) in [5, 5.41) is 3.57. The lowest BCUT2D eigenvalue weighted by molar-refractivity contribution is -0.121. The molecule has 1 aliphatic heterocycles. The molecule has 1 N–H and O–H groups in total. The van der Waals surface area contributed by atoms with Crippen molar-refractivity contribution in [3.05, 3.63) is 69.5 Å². The first-order valence-electron chi connectivity index (χ1n) is 8.77. The molecule has 0 atom stereocenters. The molecule has 6 nitrogen and oxygen atoms in total. The molecule has 1 aromatic heterocycles. The molecular formula is C21H20N2O4. The average Bonchev–Trinajstić information content (AvgIpc) is 3.09. The van der Waals surface area contributed by atoms with Gasteiger partial charge in [-0.25, -0.2) is 0 Å². The Hall–Kier alpha value is -3.28. The van der Waals surface area contributed by atoms with Gasteiger partial charge in [0.15, 0.2) is 16.9 Å². The van der Waals surface area contributed by atoms with E-state index in [4.69, 9.17) is 9.47 Å². The number of benzene rings is 2. The van der Waals surface area contributed by atoms with Crippen LogP contribution in [-0.4, -0.2) is 17.3 Å². The number of amides is 1. The lowest BCUT2D eigenvalue weighted by atomic mass is 10.1. The number of carbonyl (C=O) groups is 1. The number of hydrogen-bond donors (Lipinski definition) is 1. The van der Waals surface area contributed by atoms with Crippen LogP contribution < -0.4 is 20.2 Å². The normalized spacial score (nSPS) is 12.4. The molecule has 0 bridgehead atoms. The first-order valence-corrected chi connectivity index (χ1v) is 8.77. The van der Waals surface area contributed by atoms with Gasteiger partial charge in [-0.3, -0.25) is 9.59 Å². The summed E-state index contributed by atoms with van der Waals surface area (Å²) in [6, 6.07) is 11.0. The lowest BCUT2D eigenvalue weighted by Crippen LogP contribution is -2.27. The number of carbonyl (C=O) groups excluding carboxylic acids is 1. The van der Waals surface area contributed by atoms with Crippen LogP contribution in [0.15, 0.2) is 47.4 Å². The van der Waals surface area contributed by atoms with E-state index in [9.17, 15) is 9.59 Å². The van der Waals surface area contributed by atoms with Gasteiger partial charge in [0.2, 0.25) is 12.7 Å². The second kappa shape index (κ2) is 6.79. The second-order valence-corrected chi connectivity index (χ2v) is 6.75. The predicted octanol–water partition coefficient (Wildman–Crippen LogP) is 2.66. The molecule has 0 aliphatic carbocycles. The van der Waals surface area contributed by atoms with Gasteiger partial charge in [-0.2, -0.15) is 0 Å². The Labute approximate surface area is 156 Å². The minimum absolute atomic E-state index is 0.0282. The number of aryl methyl sites for hydroxylation is 2. The van der Waals surface area contributed by atoms with Crippen molar-refractivity contribution in [1.82, 2.24) is 9.88 Å². The number of nitrogens with zero attached hydrogens (tertiary/aromatic N) is 1. The van der Waals surface area contributed by atoms with Gasteiger partial charge in [0, 0.05) is 24.2 Å². The van der Waals surface area contributed by atoms with Crippen LogP contribution in [0.2, 0.25) is 0 Å². The van der Waals surface area contributed by atoms with E-state index >= 15 is 0 Å². The summed E-state index contributed by atoms with van der Waals surface area (Å²) < 4.78 is 12.5. The number of fused-ring (bicyclic) bond motifs is 2. The molecule has 27 heavy (non-hydrogen) atoms. The third-order valence-corrected chi connectivity index (χ3v) is 4.66. The van der Waals surface area contributed by atoms with E-state index in [-0.39, 0.29) is 24.7 Å². The Morgan fingerprint density at radius 2 is 1.93 bits per heavy atom. The Kier molecular flexibility index (Phi) is 4.32. The Balaban J connectivity index is 1.51. The van der Waals surface area contributed by atoms with Crippen molar-refractivity contribution in [3.63, 3.8) is 0 Å². The highest BCUT2D eigenvalue weighted by atomic mass is 16.7. The molecule has 1 aliphatic rings. The van der Waals surface area contributed by atoms with Crippen LogP contribution >= 0.6 is 0 Å². The van der Waals surface area contributed by atoms with E-state index in [2.05, 4.69) is 5.32 Å². The third-order valence-electron chi connectivity index (χ3n) is 4.66. The number of rotatable bonds is 4. The smallest absolute Gasteiger partial charge is 0.240 e. The van der Waals surface area contributed by atoms with E-state index in [0.717, 1.165) is 28.0 Å². The van der Waals surface area contributed by atoms with Gasteiger partial charge >= 0.3 is 0 Å². The molecule has 3 aromatic rings. The largest absolute Gasteiger partial charge is 0.454 e. The molecule has 4 rings (SSSR count). The minimum Gasteiger partial charge on any atom is -0.454 e. The summed E-state index contributed by atoms with van der Waals surface area (Å²) >= 11 is 0. The highest BCUT2D eigenvalue weighted by molar-refractivity contribution is 5.85. The van der Waals surface area contributed by atoms with E-state index in [0.29, 0.717) is 17.7 Å². The van der Waals surface area contributed by atoms with Gasteiger partial charge in [0.25, 0.3) is 0 Å². The van der Waals surface area contributed by atoms with Gasteiger partial charge in [-0.15, -0.1) is 0 Å². The minimum atomic E-state index is -0.128. The topological polar surface area (TPSA) is 69.6 Å². The molecule has 0 unspecified atom stereocenters. The molecule has 1 amide bonds. The van der Waals surface area contributed by atoms with E-state index in [1.165, 1.54) is 6.07 Å². The second-order valence-electron chi connectivity index (χ2n) is 6.75. The van der Waals surface area contributed by atoms with E-state index in [1.54, 1.807) is 6.20 Å². The molecule has 6 heteroatoms. The van der Waals surface area contributed by atoms with Crippen LogP contribution in [0.5, 0.6) is 11.5 Å². The molecule has 2 heterocycles. The molecule has 0 radical (unpaired) electrons.